The van der Waals surface area contributed by atoms with E-state index in [0.717, 1.165) is 46.8 Å². The van der Waals surface area contributed by atoms with E-state index < -0.39 is 0 Å². The summed E-state index contributed by atoms with van der Waals surface area (Å²) in [4.78, 5) is 20.2. The summed E-state index contributed by atoms with van der Waals surface area (Å²) in [5.74, 6) is 0.475. The highest BCUT2D eigenvalue weighted by Crippen LogP contribution is 2.34. The van der Waals surface area contributed by atoms with E-state index in [2.05, 4.69) is 63.2 Å². The topological polar surface area (TPSA) is 42.4 Å². The molecular formula is C25H30N2O2S. The smallest absolute Gasteiger partial charge is 0.233 e. The Bertz CT molecular complexity index is 1000. The maximum Gasteiger partial charge on any atom is 0.233 e. The zero-order valence-electron chi connectivity index (χ0n) is 18.1. The van der Waals surface area contributed by atoms with Crippen LogP contribution in [-0.2, 0) is 22.4 Å². The number of amides is 1. The molecule has 0 bridgehead atoms. The molecule has 30 heavy (non-hydrogen) atoms. The Balaban J connectivity index is 1.64. The van der Waals surface area contributed by atoms with Crippen molar-refractivity contribution in [1.29, 1.82) is 0 Å². The lowest BCUT2D eigenvalue weighted by Gasteiger charge is -2.23. The molecule has 0 spiro atoms. The highest BCUT2D eigenvalue weighted by atomic mass is 32.1. The molecule has 4 nitrogen and oxygen atoms in total. The van der Waals surface area contributed by atoms with E-state index in [0.29, 0.717) is 18.9 Å². The molecule has 1 aliphatic rings. The minimum atomic E-state index is 0.0832. The van der Waals surface area contributed by atoms with Gasteiger partial charge in [-0.05, 0) is 47.9 Å². The first-order chi connectivity index (χ1) is 14.5. The summed E-state index contributed by atoms with van der Waals surface area (Å²) in [6.45, 7) is 7.86. The molecule has 0 N–H and O–H groups in total. The number of ether oxygens (including phenoxy) is 1. The third-order valence-corrected chi connectivity index (χ3v) is 6.83. The molecule has 3 aromatic rings. The predicted octanol–water partition coefficient (Wildman–Crippen LogP) is 5.74. The lowest BCUT2D eigenvalue weighted by Crippen LogP contribution is -2.38. The van der Waals surface area contributed by atoms with Crippen molar-refractivity contribution in [1.82, 2.24) is 4.98 Å². The molecule has 1 aliphatic heterocycles. The average Bonchev–Trinajstić information content (AvgIpc) is 3.41. The Morgan fingerprint density at radius 2 is 1.97 bits per heavy atom. The van der Waals surface area contributed by atoms with Gasteiger partial charge in [-0.3, -0.25) is 9.69 Å². The molecule has 1 fully saturated rings. The lowest BCUT2D eigenvalue weighted by molar-refractivity contribution is -0.118. The lowest BCUT2D eigenvalue weighted by atomic mass is 10.0. The monoisotopic (exact) mass is 422 g/mol. The summed E-state index contributed by atoms with van der Waals surface area (Å²) in [5, 5.41) is 0.781. The highest BCUT2D eigenvalue weighted by Gasteiger charge is 2.26. The van der Waals surface area contributed by atoms with Gasteiger partial charge in [0.25, 0.3) is 0 Å². The van der Waals surface area contributed by atoms with Gasteiger partial charge in [-0.2, -0.15) is 0 Å². The van der Waals surface area contributed by atoms with Crippen molar-refractivity contribution >= 4 is 32.6 Å². The number of aryl methyl sites for hydroxylation is 1. The number of rotatable bonds is 7. The van der Waals surface area contributed by atoms with Crippen LogP contribution in [0.25, 0.3) is 10.2 Å². The summed E-state index contributed by atoms with van der Waals surface area (Å²) in [6, 6.07) is 14.7. The number of aromatic nitrogens is 1. The second kappa shape index (κ2) is 9.27. The van der Waals surface area contributed by atoms with Gasteiger partial charge in [-0.1, -0.05) is 68.5 Å². The number of thiazole rings is 1. The molecule has 2 aromatic carbocycles. The van der Waals surface area contributed by atoms with Crippen LogP contribution in [0.15, 0.2) is 42.5 Å². The molecule has 1 atom stereocenters. The number of benzene rings is 2. The van der Waals surface area contributed by atoms with E-state index in [1.54, 1.807) is 11.3 Å². The van der Waals surface area contributed by atoms with Crippen LogP contribution >= 0.6 is 11.3 Å². The molecule has 2 heterocycles. The molecule has 1 unspecified atom stereocenters. The van der Waals surface area contributed by atoms with Gasteiger partial charge in [0.2, 0.25) is 5.91 Å². The second-order valence-electron chi connectivity index (χ2n) is 8.33. The van der Waals surface area contributed by atoms with Gasteiger partial charge in [0.1, 0.15) is 0 Å². The number of hydrogen-bond acceptors (Lipinski definition) is 4. The summed E-state index contributed by atoms with van der Waals surface area (Å²) < 4.78 is 6.99. The van der Waals surface area contributed by atoms with Gasteiger partial charge in [-0.25, -0.2) is 4.98 Å². The highest BCUT2D eigenvalue weighted by molar-refractivity contribution is 7.22. The van der Waals surface area contributed by atoms with Gasteiger partial charge in [0, 0.05) is 6.61 Å². The van der Waals surface area contributed by atoms with Gasteiger partial charge in [-0.15, -0.1) is 0 Å². The van der Waals surface area contributed by atoms with E-state index in [4.69, 9.17) is 9.72 Å². The van der Waals surface area contributed by atoms with E-state index in [9.17, 15) is 4.79 Å². The van der Waals surface area contributed by atoms with Crippen molar-refractivity contribution in [2.75, 3.05) is 18.1 Å². The Hall–Kier alpha value is -2.24. The zero-order chi connectivity index (χ0) is 21.1. The van der Waals surface area contributed by atoms with Crippen LogP contribution in [0.5, 0.6) is 0 Å². The third-order valence-electron chi connectivity index (χ3n) is 5.79. The molecule has 1 aromatic heterocycles. The first-order valence-corrected chi connectivity index (χ1v) is 11.8. The molecule has 0 radical (unpaired) electrons. The van der Waals surface area contributed by atoms with Crippen molar-refractivity contribution in [2.24, 2.45) is 0 Å². The fraction of sp³-hybridized carbons (Fsp3) is 0.440. The summed E-state index contributed by atoms with van der Waals surface area (Å²) >= 11 is 1.60. The molecular weight excluding hydrogens is 392 g/mol. The van der Waals surface area contributed by atoms with Crippen LogP contribution in [0.4, 0.5) is 5.13 Å². The quantitative estimate of drug-likeness (QED) is 0.488. The number of anilines is 1. The average molecular weight is 423 g/mol. The number of para-hydroxylation sites is 1. The van der Waals surface area contributed by atoms with E-state index in [1.165, 1.54) is 11.1 Å². The molecule has 1 saturated heterocycles. The summed E-state index contributed by atoms with van der Waals surface area (Å²) in [5.41, 5.74) is 4.58. The number of fused-ring (bicyclic) bond motifs is 1. The van der Waals surface area contributed by atoms with E-state index >= 15 is 0 Å². The van der Waals surface area contributed by atoms with Gasteiger partial charge >= 0.3 is 0 Å². The molecule has 1 amide bonds. The van der Waals surface area contributed by atoms with Crippen molar-refractivity contribution in [2.45, 2.75) is 58.5 Å². The van der Waals surface area contributed by atoms with Crippen LogP contribution in [0.3, 0.4) is 0 Å². The SMILES string of the molecule is CCc1ccc(CC(=O)N(CC2CCCO2)c2nc3c(C(C)C)cccc3s2)cc1. The Morgan fingerprint density at radius 1 is 1.20 bits per heavy atom. The molecule has 0 saturated carbocycles. The number of nitrogens with zero attached hydrogens (tertiary/aromatic N) is 2. The minimum Gasteiger partial charge on any atom is -0.376 e. The summed E-state index contributed by atoms with van der Waals surface area (Å²) in [6.07, 6.45) is 3.53. The van der Waals surface area contributed by atoms with Crippen LogP contribution in [0.1, 0.15) is 56.2 Å². The number of hydrogen-bond donors (Lipinski definition) is 0. The van der Waals surface area contributed by atoms with Crippen LogP contribution in [0.2, 0.25) is 0 Å². The fourth-order valence-electron chi connectivity index (χ4n) is 3.98. The van der Waals surface area contributed by atoms with Gasteiger partial charge < -0.3 is 4.74 Å². The molecule has 158 valence electrons. The Kier molecular flexibility index (Phi) is 6.49. The molecule has 0 aliphatic carbocycles. The predicted molar refractivity (Wildman–Crippen MR) is 125 cm³/mol. The van der Waals surface area contributed by atoms with Crippen molar-refractivity contribution in [3.05, 3.63) is 59.2 Å². The number of carbonyl (C=O) groups excluding carboxylic acids is 1. The van der Waals surface area contributed by atoms with E-state index in [-0.39, 0.29) is 12.0 Å². The maximum absolute atomic E-state index is 13.4. The number of carbonyl (C=O) groups is 1. The van der Waals surface area contributed by atoms with Crippen LogP contribution in [-0.4, -0.2) is 30.1 Å². The first kappa shape index (κ1) is 21.0. The van der Waals surface area contributed by atoms with E-state index in [1.807, 2.05) is 4.90 Å². The normalized spacial score (nSPS) is 16.5. The Morgan fingerprint density at radius 3 is 2.63 bits per heavy atom. The standard InChI is InChI=1S/C25H30N2O2S/c1-4-18-10-12-19(13-11-18)15-23(28)27(16-20-7-6-14-29-20)25-26-24-21(17(2)3)8-5-9-22(24)30-25/h5,8-13,17,20H,4,6-7,14-16H2,1-3H3. The molecule has 4 rings (SSSR count). The second-order valence-corrected chi connectivity index (χ2v) is 9.34. The van der Waals surface area contributed by atoms with Crippen molar-refractivity contribution < 1.29 is 9.53 Å². The third kappa shape index (κ3) is 4.57. The van der Waals surface area contributed by atoms with Crippen LogP contribution < -0.4 is 4.90 Å². The zero-order valence-corrected chi connectivity index (χ0v) is 18.9. The van der Waals surface area contributed by atoms with Gasteiger partial charge in [0.15, 0.2) is 5.13 Å². The van der Waals surface area contributed by atoms with Crippen molar-refractivity contribution in [3.63, 3.8) is 0 Å². The maximum atomic E-state index is 13.4. The largest absolute Gasteiger partial charge is 0.376 e. The summed E-state index contributed by atoms with van der Waals surface area (Å²) in [7, 11) is 0. The van der Waals surface area contributed by atoms with Crippen LogP contribution in [0, 0.1) is 0 Å². The first-order valence-electron chi connectivity index (χ1n) is 10.9. The fourth-order valence-corrected chi connectivity index (χ4v) is 5.01. The molecule has 5 heteroatoms. The minimum absolute atomic E-state index is 0.0832. The Labute approximate surface area is 182 Å². The van der Waals surface area contributed by atoms with Crippen molar-refractivity contribution in [3.8, 4) is 0 Å². The van der Waals surface area contributed by atoms with Gasteiger partial charge in [0.05, 0.1) is 29.3 Å².